The maximum Gasteiger partial charge on any atom is 0.217 e. The molecule has 2 aromatic carbocycles. The Bertz CT molecular complexity index is 1310. The lowest BCUT2D eigenvalue weighted by Gasteiger charge is -2.27. The molecule has 1 fully saturated rings. The zero-order chi connectivity index (χ0) is 25.1. The van der Waals surface area contributed by atoms with Gasteiger partial charge >= 0.3 is 0 Å². The summed E-state index contributed by atoms with van der Waals surface area (Å²) in [4.78, 5) is 8.60. The minimum Gasteiger partial charge on any atom is -0.380 e. The third-order valence-electron chi connectivity index (χ3n) is 6.40. The van der Waals surface area contributed by atoms with Gasteiger partial charge in [-0.25, -0.2) is 14.5 Å². The largest absolute Gasteiger partial charge is 0.380 e. The smallest absolute Gasteiger partial charge is 0.217 e. The molecule has 0 amide bonds. The second-order valence-corrected chi connectivity index (χ2v) is 9.54. The average Bonchev–Trinajstić information content (AvgIpc) is 3.44. The summed E-state index contributed by atoms with van der Waals surface area (Å²) < 4.78 is 20.1. The lowest BCUT2D eigenvalue weighted by atomic mass is 9.93. The van der Waals surface area contributed by atoms with Gasteiger partial charge in [0, 0.05) is 5.92 Å². The fraction of sp³-hybridized carbons (Fsp3) is 0.346. The van der Waals surface area contributed by atoms with E-state index in [0.29, 0.717) is 29.7 Å². The quantitative estimate of drug-likeness (QED) is 0.329. The number of nitrogens with zero attached hydrogens (tertiary/aromatic N) is 4. The molecule has 1 aliphatic rings. The lowest BCUT2D eigenvalue weighted by Crippen LogP contribution is -2.36. The van der Waals surface area contributed by atoms with E-state index in [2.05, 4.69) is 15.1 Å². The molecule has 4 atom stereocenters. The van der Waals surface area contributed by atoms with Crippen LogP contribution in [-0.4, -0.2) is 49.8 Å². The number of thioether (sulfide) groups is 1. The first-order valence-corrected chi connectivity index (χ1v) is 12.9. The molecule has 4 aromatic rings. The number of nitrogens with two attached hydrogens (primary N) is 1. The van der Waals surface area contributed by atoms with Gasteiger partial charge in [-0.1, -0.05) is 79.3 Å². The first-order chi connectivity index (χ1) is 17.5. The summed E-state index contributed by atoms with van der Waals surface area (Å²) in [6.45, 7) is 2.94. The van der Waals surface area contributed by atoms with Gasteiger partial charge in [-0.2, -0.15) is 0 Å². The van der Waals surface area contributed by atoms with Crippen LogP contribution in [0.15, 0.2) is 72.0 Å². The Hall–Kier alpha value is -3.02. The van der Waals surface area contributed by atoms with Crippen molar-refractivity contribution in [2.75, 3.05) is 18.6 Å². The van der Waals surface area contributed by atoms with Crippen molar-refractivity contribution >= 4 is 23.2 Å². The molecule has 3 N–H and O–H groups in total. The van der Waals surface area contributed by atoms with E-state index in [1.54, 1.807) is 0 Å². The summed E-state index contributed by atoms with van der Waals surface area (Å²) in [5.74, 6) is -1.95. The van der Waals surface area contributed by atoms with Crippen LogP contribution in [0.2, 0.25) is 0 Å². The topological polar surface area (TPSA) is 117 Å². The van der Waals surface area contributed by atoms with Crippen LogP contribution in [0.3, 0.4) is 0 Å². The van der Waals surface area contributed by atoms with Gasteiger partial charge in [-0.15, -0.1) is 5.10 Å². The molecule has 0 radical (unpaired) electrons. The summed E-state index contributed by atoms with van der Waals surface area (Å²) in [5, 5.41) is 16.9. The molecule has 1 saturated heterocycles. The van der Waals surface area contributed by atoms with E-state index in [-0.39, 0.29) is 12.4 Å². The fourth-order valence-electron chi connectivity index (χ4n) is 4.47. The van der Waals surface area contributed by atoms with Gasteiger partial charge in [0.15, 0.2) is 11.5 Å². The SMILES string of the molecule is CSc1nc(N)c2ncc(C3(O)O[C@H](COCc4ccccc4)[C@@H](OCc4ccccc4)[C@@H]3C)n2n1. The van der Waals surface area contributed by atoms with Crippen molar-refractivity contribution in [1.82, 2.24) is 19.6 Å². The average molecular weight is 508 g/mol. The Balaban J connectivity index is 1.42. The monoisotopic (exact) mass is 507 g/mol. The molecule has 0 spiro atoms. The van der Waals surface area contributed by atoms with E-state index >= 15 is 0 Å². The first-order valence-electron chi connectivity index (χ1n) is 11.7. The normalized spacial score (nSPS) is 23.9. The van der Waals surface area contributed by atoms with Crippen molar-refractivity contribution in [3.8, 4) is 0 Å². The third-order valence-corrected chi connectivity index (χ3v) is 6.94. The van der Waals surface area contributed by atoms with E-state index in [1.165, 1.54) is 22.5 Å². The molecule has 1 unspecified atom stereocenters. The molecular weight excluding hydrogens is 478 g/mol. The van der Waals surface area contributed by atoms with Crippen LogP contribution in [0.1, 0.15) is 23.7 Å². The van der Waals surface area contributed by atoms with Crippen molar-refractivity contribution in [3.05, 3.63) is 83.7 Å². The summed E-state index contributed by atoms with van der Waals surface area (Å²) >= 11 is 1.35. The van der Waals surface area contributed by atoms with Gasteiger partial charge in [0.1, 0.15) is 11.8 Å². The summed E-state index contributed by atoms with van der Waals surface area (Å²) in [6.07, 6.45) is 2.41. The number of ether oxygens (including phenoxy) is 3. The molecule has 5 rings (SSSR count). The van der Waals surface area contributed by atoms with Crippen molar-refractivity contribution in [3.63, 3.8) is 0 Å². The molecule has 3 heterocycles. The zero-order valence-electron chi connectivity index (χ0n) is 20.2. The predicted molar refractivity (Wildman–Crippen MR) is 136 cm³/mol. The number of hydrogen-bond donors (Lipinski definition) is 2. The standard InChI is InChI=1S/C26H29N5O4S/c1-17-22(34-15-19-11-7-4-8-12-19)20(16-33-14-18-9-5-3-6-10-18)35-26(17,32)21-13-28-24-23(27)29-25(36-2)30-31(21)24/h3-13,17,20,22,32H,14-16H2,1-2H3,(H2,27,29,30)/t17-,20+,22-,26?/m0/s1. The third kappa shape index (κ3) is 4.82. The number of aliphatic hydroxyl groups is 1. The van der Waals surface area contributed by atoms with Crippen LogP contribution in [0.4, 0.5) is 5.82 Å². The van der Waals surface area contributed by atoms with Gasteiger partial charge in [-0.3, -0.25) is 0 Å². The molecular formula is C26H29N5O4S. The van der Waals surface area contributed by atoms with Crippen LogP contribution in [0.25, 0.3) is 5.65 Å². The number of hydrogen-bond acceptors (Lipinski definition) is 9. The summed E-state index contributed by atoms with van der Waals surface area (Å²) in [5.41, 5.74) is 8.91. The molecule has 0 aliphatic carbocycles. The number of benzene rings is 2. The molecule has 1 aliphatic heterocycles. The zero-order valence-corrected chi connectivity index (χ0v) is 21.0. The minimum absolute atomic E-state index is 0.231. The number of anilines is 1. The van der Waals surface area contributed by atoms with E-state index in [1.807, 2.05) is 73.8 Å². The van der Waals surface area contributed by atoms with E-state index in [4.69, 9.17) is 19.9 Å². The summed E-state index contributed by atoms with van der Waals surface area (Å²) in [6, 6.07) is 19.8. The second-order valence-electron chi connectivity index (χ2n) is 8.77. The van der Waals surface area contributed by atoms with Gasteiger partial charge in [0.05, 0.1) is 32.1 Å². The van der Waals surface area contributed by atoms with Gasteiger partial charge < -0.3 is 25.1 Å². The molecule has 0 bridgehead atoms. The number of fused-ring (bicyclic) bond motifs is 1. The highest BCUT2D eigenvalue weighted by Gasteiger charge is 2.55. The molecule has 36 heavy (non-hydrogen) atoms. The van der Waals surface area contributed by atoms with Crippen molar-refractivity contribution in [1.29, 1.82) is 0 Å². The van der Waals surface area contributed by atoms with Crippen molar-refractivity contribution in [2.24, 2.45) is 5.92 Å². The number of aromatic nitrogens is 4. The highest BCUT2D eigenvalue weighted by Crippen LogP contribution is 2.44. The molecule has 0 saturated carbocycles. The van der Waals surface area contributed by atoms with Gasteiger partial charge in [0.2, 0.25) is 10.9 Å². The number of rotatable bonds is 9. The maximum absolute atomic E-state index is 11.9. The second kappa shape index (κ2) is 10.5. The van der Waals surface area contributed by atoms with Crippen molar-refractivity contribution < 1.29 is 19.3 Å². The van der Waals surface area contributed by atoms with Crippen LogP contribution < -0.4 is 5.73 Å². The Morgan fingerprint density at radius 2 is 1.75 bits per heavy atom. The predicted octanol–water partition coefficient (Wildman–Crippen LogP) is 3.41. The number of nitrogen functional groups attached to an aromatic ring is 1. The van der Waals surface area contributed by atoms with Crippen LogP contribution in [-0.2, 0) is 33.2 Å². The van der Waals surface area contributed by atoms with Gasteiger partial charge in [0.25, 0.3) is 0 Å². The Morgan fingerprint density at radius 3 is 2.42 bits per heavy atom. The Kier molecular flexibility index (Phi) is 7.22. The highest BCUT2D eigenvalue weighted by atomic mass is 32.2. The Labute approximate surface area is 213 Å². The minimum atomic E-state index is -1.72. The van der Waals surface area contributed by atoms with E-state index in [9.17, 15) is 5.11 Å². The maximum atomic E-state index is 11.9. The van der Waals surface area contributed by atoms with E-state index < -0.39 is 23.9 Å². The molecule has 10 heteroatoms. The van der Waals surface area contributed by atoms with Crippen LogP contribution in [0.5, 0.6) is 0 Å². The molecule has 188 valence electrons. The Morgan fingerprint density at radius 1 is 1.08 bits per heavy atom. The van der Waals surface area contributed by atoms with Crippen LogP contribution >= 0.6 is 11.8 Å². The van der Waals surface area contributed by atoms with Crippen molar-refractivity contribution in [2.45, 2.75) is 43.3 Å². The molecule has 2 aromatic heterocycles. The lowest BCUT2D eigenvalue weighted by molar-refractivity contribution is -0.228. The van der Waals surface area contributed by atoms with Gasteiger partial charge in [-0.05, 0) is 17.4 Å². The molecule has 9 nitrogen and oxygen atoms in total. The highest BCUT2D eigenvalue weighted by molar-refractivity contribution is 7.98. The summed E-state index contributed by atoms with van der Waals surface area (Å²) in [7, 11) is 0. The fourth-order valence-corrected chi connectivity index (χ4v) is 4.82. The number of imidazole rings is 1. The van der Waals surface area contributed by atoms with E-state index in [0.717, 1.165) is 11.1 Å². The first kappa shape index (κ1) is 24.7. The van der Waals surface area contributed by atoms with Crippen LogP contribution in [0, 0.1) is 5.92 Å².